The molecule has 182 valence electrons. The summed E-state index contributed by atoms with van der Waals surface area (Å²) in [6, 6.07) is 0. The van der Waals surface area contributed by atoms with Gasteiger partial charge in [-0.3, -0.25) is 4.79 Å². The van der Waals surface area contributed by atoms with Crippen molar-refractivity contribution in [2.75, 3.05) is 6.61 Å². The van der Waals surface area contributed by atoms with Crippen LogP contribution in [0.1, 0.15) is 113 Å². The van der Waals surface area contributed by atoms with Crippen molar-refractivity contribution in [3.63, 3.8) is 0 Å². The van der Waals surface area contributed by atoms with Crippen LogP contribution >= 0.6 is 0 Å². The van der Waals surface area contributed by atoms with Crippen LogP contribution in [-0.2, 0) is 9.53 Å². The van der Waals surface area contributed by atoms with E-state index in [0.717, 1.165) is 43.1 Å². The molecule has 0 aromatic carbocycles. The van der Waals surface area contributed by atoms with Crippen LogP contribution < -0.4 is 0 Å². The third-order valence-corrected chi connectivity index (χ3v) is 12.5. The highest BCUT2D eigenvalue weighted by atomic mass is 16.5. The minimum absolute atomic E-state index is 0.158. The topological polar surface area (TPSA) is 26.3 Å². The first-order valence-electron chi connectivity index (χ1n) is 14.1. The number of Topliss-reactive ketones (excluding diaryl/α,β-unsaturated/α-hetero) is 1. The number of carbonyl (C=O) groups excluding carboxylic acids is 1. The molecule has 9 atom stereocenters. The zero-order chi connectivity index (χ0) is 23.1. The van der Waals surface area contributed by atoms with Crippen molar-refractivity contribution in [2.24, 2.45) is 57.2 Å². The van der Waals surface area contributed by atoms with Crippen molar-refractivity contribution >= 4 is 5.78 Å². The fraction of sp³-hybridized carbons (Fsp3) is 0.967. The maximum Gasteiger partial charge on any atom is 0.138 e. The molecule has 0 aromatic rings. The number of hydrogen-bond donors (Lipinski definition) is 0. The Morgan fingerprint density at radius 1 is 1.00 bits per heavy atom. The van der Waals surface area contributed by atoms with Crippen LogP contribution in [0.5, 0.6) is 0 Å². The summed E-state index contributed by atoms with van der Waals surface area (Å²) in [6.45, 7) is 18.1. The third kappa shape index (κ3) is 2.96. The van der Waals surface area contributed by atoms with Crippen LogP contribution in [-0.4, -0.2) is 18.5 Å². The average molecular weight is 443 g/mol. The predicted molar refractivity (Wildman–Crippen MR) is 131 cm³/mol. The molecule has 1 spiro atoms. The van der Waals surface area contributed by atoms with Gasteiger partial charge in [0.1, 0.15) is 5.78 Å². The molecular weight excluding hydrogens is 392 g/mol. The molecule has 9 unspecified atom stereocenters. The molecule has 0 aromatic heterocycles. The van der Waals surface area contributed by atoms with E-state index in [2.05, 4.69) is 48.5 Å². The Balaban J connectivity index is 1.44. The largest absolute Gasteiger partial charge is 0.377 e. The summed E-state index contributed by atoms with van der Waals surface area (Å²) in [4.78, 5) is 12.9. The van der Waals surface area contributed by atoms with Gasteiger partial charge in [-0.25, -0.2) is 0 Å². The average Bonchev–Trinajstić information content (AvgIpc) is 3.26. The smallest absolute Gasteiger partial charge is 0.138 e. The quantitative estimate of drug-likeness (QED) is 0.436. The second kappa shape index (κ2) is 7.56. The van der Waals surface area contributed by atoms with Gasteiger partial charge in [-0.05, 0) is 84.9 Å². The molecule has 0 radical (unpaired) electrons. The second-order valence-corrected chi connectivity index (χ2v) is 14.5. The summed E-state index contributed by atoms with van der Waals surface area (Å²) in [5.41, 5.74) is 0.959. The molecule has 1 heterocycles. The van der Waals surface area contributed by atoms with Gasteiger partial charge in [-0.1, -0.05) is 67.7 Å². The molecule has 4 saturated carbocycles. The first kappa shape index (κ1) is 23.4. The first-order valence-corrected chi connectivity index (χ1v) is 14.1. The third-order valence-electron chi connectivity index (χ3n) is 12.5. The van der Waals surface area contributed by atoms with Gasteiger partial charge in [0.05, 0.1) is 12.7 Å². The summed E-state index contributed by atoms with van der Waals surface area (Å²) in [5.74, 6) is 4.99. The maximum absolute atomic E-state index is 12.9. The maximum atomic E-state index is 12.9. The Hall–Kier alpha value is -0.370. The van der Waals surface area contributed by atoms with Crippen molar-refractivity contribution in [1.82, 2.24) is 0 Å². The number of fused-ring (bicyclic) bond motifs is 6. The van der Waals surface area contributed by atoms with Crippen LogP contribution in [0.15, 0.2) is 0 Å². The number of ketones is 1. The van der Waals surface area contributed by atoms with Gasteiger partial charge in [-0.15, -0.1) is 0 Å². The molecule has 2 bridgehead atoms. The predicted octanol–water partition coefficient (Wildman–Crippen LogP) is 7.69. The molecule has 0 N–H and O–H groups in total. The van der Waals surface area contributed by atoms with E-state index in [1.54, 1.807) is 0 Å². The summed E-state index contributed by atoms with van der Waals surface area (Å²) in [6.07, 6.45) is 13.2. The summed E-state index contributed by atoms with van der Waals surface area (Å²) < 4.78 is 6.86. The Bertz CT molecular complexity index is 754. The molecule has 1 saturated heterocycles. The lowest BCUT2D eigenvalue weighted by molar-refractivity contribution is -0.186. The standard InChI is InChI=1S/C30H50O2/c1-19(2)9-8-10-20(3)21-13-16-29(7)22-11-12-24-27(4,5)25(31)14-15-28(24,6)26(22)23-17-30(21,29)18-32-23/h19-24,26H,8-18H2,1-7H3. The van der Waals surface area contributed by atoms with E-state index in [1.165, 1.54) is 51.4 Å². The van der Waals surface area contributed by atoms with Gasteiger partial charge in [0.25, 0.3) is 0 Å². The lowest BCUT2D eigenvalue weighted by Crippen LogP contribution is -2.63. The first-order chi connectivity index (χ1) is 15.0. The highest BCUT2D eigenvalue weighted by Crippen LogP contribution is 2.76. The van der Waals surface area contributed by atoms with E-state index < -0.39 is 0 Å². The van der Waals surface area contributed by atoms with E-state index in [0.29, 0.717) is 34.6 Å². The van der Waals surface area contributed by atoms with E-state index in [9.17, 15) is 4.79 Å². The minimum atomic E-state index is -0.158. The molecule has 32 heavy (non-hydrogen) atoms. The Morgan fingerprint density at radius 2 is 1.75 bits per heavy atom. The minimum Gasteiger partial charge on any atom is -0.377 e. The summed E-state index contributed by atoms with van der Waals surface area (Å²) in [5, 5.41) is 0. The van der Waals surface area contributed by atoms with Crippen LogP contribution in [0.3, 0.4) is 0 Å². The Labute approximate surface area is 198 Å². The van der Waals surface area contributed by atoms with Crippen molar-refractivity contribution in [3.8, 4) is 0 Å². The van der Waals surface area contributed by atoms with Gasteiger partial charge >= 0.3 is 0 Å². The van der Waals surface area contributed by atoms with Crippen LogP contribution in [0.2, 0.25) is 0 Å². The number of carbonyl (C=O) groups is 1. The zero-order valence-electron chi connectivity index (χ0n) is 22.1. The molecule has 5 fully saturated rings. The van der Waals surface area contributed by atoms with Gasteiger partial charge in [0, 0.05) is 17.3 Å². The van der Waals surface area contributed by atoms with E-state index in [-0.39, 0.29) is 10.8 Å². The number of hydrogen-bond acceptors (Lipinski definition) is 2. The highest BCUT2D eigenvalue weighted by Gasteiger charge is 2.73. The van der Waals surface area contributed by atoms with Crippen molar-refractivity contribution in [2.45, 2.75) is 119 Å². The molecule has 4 aliphatic carbocycles. The Kier molecular flexibility index (Phi) is 5.52. The Morgan fingerprint density at radius 3 is 2.47 bits per heavy atom. The van der Waals surface area contributed by atoms with Crippen molar-refractivity contribution < 1.29 is 9.53 Å². The fourth-order valence-electron chi connectivity index (χ4n) is 10.8. The molecule has 1 aliphatic heterocycles. The molecule has 5 rings (SSSR count). The van der Waals surface area contributed by atoms with Crippen molar-refractivity contribution in [1.29, 1.82) is 0 Å². The van der Waals surface area contributed by atoms with Gasteiger partial charge in [-0.2, -0.15) is 0 Å². The number of ether oxygens (including phenoxy) is 1. The van der Waals surface area contributed by atoms with Crippen molar-refractivity contribution in [3.05, 3.63) is 0 Å². The number of rotatable bonds is 5. The van der Waals surface area contributed by atoms with E-state index >= 15 is 0 Å². The lowest BCUT2D eigenvalue weighted by atomic mass is 9.38. The highest BCUT2D eigenvalue weighted by molar-refractivity contribution is 5.85. The molecule has 5 aliphatic rings. The monoisotopic (exact) mass is 442 g/mol. The molecular formula is C30H50O2. The SMILES string of the molecule is CC(C)CCCC(C)C1CCC2(C)C3CCC4C(C)(C)C(=O)CCC4(C)C3C3CC12CO3. The zero-order valence-corrected chi connectivity index (χ0v) is 22.1. The van der Waals surface area contributed by atoms with E-state index in [1.807, 2.05) is 0 Å². The van der Waals surface area contributed by atoms with Crippen LogP contribution in [0.4, 0.5) is 0 Å². The van der Waals surface area contributed by atoms with Crippen LogP contribution in [0.25, 0.3) is 0 Å². The molecule has 0 amide bonds. The molecule has 2 nitrogen and oxygen atoms in total. The lowest BCUT2D eigenvalue weighted by Gasteiger charge is -2.65. The van der Waals surface area contributed by atoms with Gasteiger partial charge in [0.15, 0.2) is 0 Å². The normalized spacial score (nSPS) is 50.1. The van der Waals surface area contributed by atoms with E-state index in [4.69, 9.17) is 4.74 Å². The fourth-order valence-corrected chi connectivity index (χ4v) is 10.8. The van der Waals surface area contributed by atoms with Crippen LogP contribution in [0, 0.1) is 57.2 Å². The van der Waals surface area contributed by atoms with Gasteiger partial charge in [0.2, 0.25) is 0 Å². The summed E-state index contributed by atoms with van der Waals surface area (Å²) >= 11 is 0. The summed E-state index contributed by atoms with van der Waals surface area (Å²) in [7, 11) is 0. The van der Waals surface area contributed by atoms with Gasteiger partial charge < -0.3 is 4.74 Å². The second-order valence-electron chi connectivity index (χ2n) is 14.5. The molecule has 2 heteroatoms.